The van der Waals surface area contributed by atoms with E-state index in [0.717, 1.165) is 11.4 Å². The van der Waals surface area contributed by atoms with E-state index in [4.69, 9.17) is 11.2 Å². The Hall–Kier alpha value is -1.62. The second-order valence-electron chi connectivity index (χ2n) is 3.22. The number of hydrogen-bond donors (Lipinski definition) is 1. The van der Waals surface area contributed by atoms with Gasteiger partial charge in [-0.05, 0) is 26.0 Å². The van der Waals surface area contributed by atoms with E-state index < -0.39 is 0 Å². The van der Waals surface area contributed by atoms with Crippen LogP contribution >= 0.6 is 0 Å². The van der Waals surface area contributed by atoms with Crippen molar-refractivity contribution in [3.8, 4) is 18.1 Å². The molecule has 1 aromatic rings. The van der Waals surface area contributed by atoms with Gasteiger partial charge in [0.1, 0.15) is 5.75 Å². The first-order valence-corrected chi connectivity index (χ1v) is 4.67. The van der Waals surface area contributed by atoms with Crippen molar-refractivity contribution >= 4 is 5.69 Å². The quantitative estimate of drug-likeness (QED) is 0.735. The zero-order chi connectivity index (χ0) is 10.4. The molecule has 0 aliphatic rings. The van der Waals surface area contributed by atoms with Crippen molar-refractivity contribution in [1.29, 1.82) is 0 Å². The summed E-state index contributed by atoms with van der Waals surface area (Å²) in [4.78, 5) is 0. The molecule has 0 spiro atoms. The Morgan fingerprint density at radius 3 is 2.79 bits per heavy atom. The molecule has 74 valence electrons. The van der Waals surface area contributed by atoms with Crippen molar-refractivity contribution in [2.24, 2.45) is 0 Å². The average Bonchev–Trinajstić information content (AvgIpc) is 2.16. The van der Waals surface area contributed by atoms with Crippen molar-refractivity contribution in [2.75, 3.05) is 11.9 Å². The van der Waals surface area contributed by atoms with Crippen LogP contribution in [0.4, 0.5) is 5.69 Å². The molecule has 0 aliphatic heterocycles. The lowest BCUT2D eigenvalue weighted by atomic mass is 10.3. The predicted octanol–water partition coefficient (Wildman–Crippen LogP) is 2.52. The molecule has 1 aromatic carbocycles. The first-order chi connectivity index (χ1) is 6.74. The summed E-state index contributed by atoms with van der Waals surface area (Å²) in [6.45, 7) is 4.51. The summed E-state index contributed by atoms with van der Waals surface area (Å²) in [6, 6.07) is 7.78. The van der Waals surface area contributed by atoms with Crippen LogP contribution in [0.25, 0.3) is 0 Å². The van der Waals surface area contributed by atoms with Gasteiger partial charge in [0.25, 0.3) is 0 Å². The predicted molar refractivity (Wildman–Crippen MR) is 59.5 cm³/mol. The van der Waals surface area contributed by atoms with Gasteiger partial charge in [-0.2, -0.15) is 0 Å². The van der Waals surface area contributed by atoms with Gasteiger partial charge in [-0.1, -0.05) is 18.1 Å². The zero-order valence-electron chi connectivity index (χ0n) is 8.58. The Morgan fingerprint density at radius 2 is 2.14 bits per heavy atom. The Morgan fingerprint density at radius 1 is 1.43 bits per heavy atom. The molecule has 0 fully saturated rings. The molecule has 14 heavy (non-hydrogen) atoms. The van der Waals surface area contributed by atoms with Gasteiger partial charge in [-0.15, -0.1) is 6.42 Å². The lowest BCUT2D eigenvalue weighted by Crippen LogP contribution is -2.08. The maximum absolute atomic E-state index is 5.61. The monoisotopic (exact) mass is 189 g/mol. The number of para-hydroxylation sites is 2. The van der Waals surface area contributed by atoms with Crippen molar-refractivity contribution < 1.29 is 4.74 Å². The van der Waals surface area contributed by atoms with Crippen molar-refractivity contribution in [3.05, 3.63) is 24.3 Å². The van der Waals surface area contributed by atoms with E-state index in [1.54, 1.807) is 0 Å². The van der Waals surface area contributed by atoms with Crippen LogP contribution in [-0.2, 0) is 0 Å². The molecular formula is C12H15NO. The molecule has 0 aliphatic carbocycles. The van der Waals surface area contributed by atoms with Crippen LogP contribution in [0.2, 0.25) is 0 Å². The number of hydrogen-bond acceptors (Lipinski definition) is 2. The molecule has 0 saturated carbocycles. The highest BCUT2D eigenvalue weighted by atomic mass is 16.5. The maximum Gasteiger partial charge on any atom is 0.142 e. The molecule has 2 nitrogen and oxygen atoms in total. The Bertz CT molecular complexity index is 325. The highest BCUT2D eigenvalue weighted by Crippen LogP contribution is 2.24. The highest BCUT2D eigenvalue weighted by molar-refractivity contribution is 5.56. The van der Waals surface area contributed by atoms with E-state index in [0.29, 0.717) is 6.54 Å². The molecule has 0 aromatic heterocycles. The molecule has 2 heteroatoms. The summed E-state index contributed by atoms with van der Waals surface area (Å²) < 4.78 is 5.61. The SMILES string of the molecule is C#CCNc1ccccc1OC(C)C. The number of anilines is 1. The van der Waals surface area contributed by atoms with Gasteiger partial charge in [0.2, 0.25) is 0 Å². The number of ether oxygens (including phenoxy) is 1. The van der Waals surface area contributed by atoms with Gasteiger partial charge < -0.3 is 10.1 Å². The molecule has 1 N–H and O–H groups in total. The smallest absolute Gasteiger partial charge is 0.142 e. The Labute approximate surface area is 85.3 Å². The Kier molecular flexibility index (Phi) is 3.87. The number of rotatable bonds is 4. The average molecular weight is 189 g/mol. The second kappa shape index (κ2) is 5.18. The van der Waals surface area contributed by atoms with E-state index in [-0.39, 0.29) is 6.10 Å². The minimum absolute atomic E-state index is 0.170. The summed E-state index contributed by atoms with van der Waals surface area (Å²) in [5, 5.41) is 3.11. The van der Waals surface area contributed by atoms with Crippen molar-refractivity contribution in [3.63, 3.8) is 0 Å². The molecule has 0 radical (unpaired) electrons. The fourth-order valence-electron chi connectivity index (χ4n) is 1.12. The lowest BCUT2D eigenvalue weighted by molar-refractivity contribution is 0.243. The van der Waals surface area contributed by atoms with Crippen LogP contribution in [0.1, 0.15) is 13.8 Å². The molecule has 1 rings (SSSR count). The minimum atomic E-state index is 0.170. The maximum atomic E-state index is 5.61. The van der Waals surface area contributed by atoms with Gasteiger partial charge in [-0.25, -0.2) is 0 Å². The molecule has 0 bridgehead atoms. The minimum Gasteiger partial charge on any atom is -0.489 e. The third-order valence-corrected chi connectivity index (χ3v) is 1.63. The number of nitrogens with one attached hydrogen (secondary N) is 1. The van der Waals surface area contributed by atoms with Crippen LogP contribution < -0.4 is 10.1 Å². The van der Waals surface area contributed by atoms with Crippen molar-refractivity contribution in [1.82, 2.24) is 0 Å². The normalized spacial score (nSPS) is 9.57. The zero-order valence-corrected chi connectivity index (χ0v) is 8.58. The van der Waals surface area contributed by atoms with E-state index in [1.807, 2.05) is 38.1 Å². The van der Waals surface area contributed by atoms with Crippen LogP contribution in [0, 0.1) is 12.3 Å². The summed E-state index contributed by atoms with van der Waals surface area (Å²) in [5.41, 5.74) is 0.944. The van der Waals surface area contributed by atoms with Crippen LogP contribution in [0.15, 0.2) is 24.3 Å². The number of benzene rings is 1. The third kappa shape index (κ3) is 3.02. The van der Waals surface area contributed by atoms with Gasteiger partial charge in [-0.3, -0.25) is 0 Å². The molecule has 0 saturated heterocycles. The first kappa shape index (κ1) is 10.5. The Balaban J connectivity index is 2.76. The van der Waals surface area contributed by atoms with Crippen LogP contribution in [0.5, 0.6) is 5.75 Å². The van der Waals surface area contributed by atoms with Gasteiger partial charge in [0.15, 0.2) is 0 Å². The molecule has 0 amide bonds. The number of terminal acetylenes is 1. The molecule has 0 heterocycles. The van der Waals surface area contributed by atoms with Crippen LogP contribution in [0.3, 0.4) is 0 Å². The fraction of sp³-hybridized carbons (Fsp3) is 0.333. The van der Waals surface area contributed by atoms with E-state index >= 15 is 0 Å². The van der Waals surface area contributed by atoms with Gasteiger partial charge in [0.05, 0.1) is 18.3 Å². The summed E-state index contributed by atoms with van der Waals surface area (Å²) >= 11 is 0. The van der Waals surface area contributed by atoms with E-state index in [1.165, 1.54) is 0 Å². The molecule has 0 atom stereocenters. The van der Waals surface area contributed by atoms with E-state index in [2.05, 4.69) is 11.2 Å². The standard InChI is InChI=1S/C12H15NO/c1-4-9-13-11-7-5-6-8-12(11)14-10(2)3/h1,5-8,10,13H,9H2,2-3H3. The second-order valence-corrected chi connectivity index (χ2v) is 3.22. The van der Waals surface area contributed by atoms with E-state index in [9.17, 15) is 0 Å². The first-order valence-electron chi connectivity index (χ1n) is 4.67. The van der Waals surface area contributed by atoms with Gasteiger partial charge in [0, 0.05) is 0 Å². The highest BCUT2D eigenvalue weighted by Gasteiger charge is 2.02. The molecular weight excluding hydrogens is 174 g/mol. The summed E-state index contributed by atoms with van der Waals surface area (Å²) in [7, 11) is 0. The van der Waals surface area contributed by atoms with Crippen LogP contribution in [-0.4, -0.2) is 12.6 Å². The third-order valence-electron chi connectivity index (χ3n) is 1.63. The van der Waals surface area contributed by atoms with Crippen molar-refractivity contribution in [2.45, 2.75) is 20.0 Å². The topological polar surface area (TPSA) is 21.3 Å². The molecule has 0 unspecified atom stereocenters. The van der Waals surface area contributed by atoms with Gasteiger partial charge >= 0.3 is 0 Å². The summed E-state index contributed by atoms with van der Waals surface area (Å²) in [6.07, 6.45) is 5.34. The largest absolute Gasteiger partial charge is 0.489 e. The summed E-state index contributed by atoms with van der Waals surface area (Å²) in [5.74, 6) is 3.38. The fourth-order valence-corrected chi connectivity index (χ4v) is 1.12. The lowest BCUT2D eigenvalue weighted by Gasteiger charge is -2.14.